The van der Waals surface area contributed by atoms with Gasteiger partial charge in [-0.25, -0.2) is 0 Å². The molecule has 0 saturated carbocycles. The highest BCUT2D eigenvalue weighted by Gasteiger charge is 2.07. The van der Waals surface area contributed by atoms with Crippen LogP contribution in [0.5, 0.6) is 0 Å². The van der Waals surface area contributed by atoms with Gasteiger partial charge in [-0.05, 0) is 48.6 Å². The lowest BCUT2D eigenvalue weighted by atomic mass is 9.96. The number of aryl methyl sites for hydroxylation is 2. The average Bonchev–Trinajstić information content (AvgIpc) is 2.42. The molecule has 0 amide bonds. The van der Waals surface area contributed by atoms with Crippen LogP contribution >= 0.6 is 0 Å². The van der Waals surface area contributed by atoms with Gasteiger partial charge in [0.15, 0.2) is 0 Å². The SMILES string of the molecule is C=CCc1c(C)cc(-c2ccc(C)cc2)cc1NC. The van der Waals surface area contributed by atoms with E-state index in [1.165, 1.54) is 33.5 Å². The molecule has 0 aliphatic heterocycles. The summed E-state index contributed by atoms with van der Waals surface area (Å²) in [6.07, 6.45) is 2.85. The molecule has 1 nitrogen and oxygen atoms in total. The highest BCUT2D eigenvalue weighted by atomic mass is 14.8. The molecule has 2 rings (SSSR count). The third-order valence-electron chi connectivity index (χ3n) is 3.48. The van der Waals surface area contributed by atoms with E-state index in [0.717, 1.165) is 6.42 Å². The van der Waals surface area contributed by atoms with Crippen molar-refractivity contribution in [2.24, 2.45) is 0 Å². The number of hydrogen-bond donors (Lipinski definition) is 1. The fraction of sp³-hybridized carbons (Fsp3) is 0.222. The van der Waals surface area contributed by atoms with Gasteiger partial charge in [0.05, 0.1) is 0 Å². The highest BCUT2D eigenvalue weighted by molar-refractivity contribution is 5.72. The fourth-order valence-corrected chi connectivity index (χ4v) is 2.37. The molecule has 19 heavy (non-hydrogen) atoms. The van der Waals surface area contributed by atoms with Gasteiger partial charge in [0.2, 0.25) is 0 Å². The average molecular weight is 251 g/mol. The summed E-state index contributed by atoms with van der Waals surface area (Å²) in [5.41, 5.74) is 7.63. The van der Waals surface area contributed by atoms with Crippen LogP contribution in [0.25, 0.3) is 11.1 Å². The summed E-state index contributed by atoms with van der Waals surface area (Å²) in [6, 6.07) is 13.1. The molecule has 1 N–H and O–H groups in total. The Kier molecular flexibility index (Phi) is 4.06. The van der Waals surface area contributed by atoms with Gasteiger partial charge in [-0.3, -0.25) is 0 Å². The fourth-order valence-electron chi connectivity index (χ4n) is 2.37. The van der Waals surface area contributed by atoms with E-state index in [9.17, 15) is 0 Å². The minimum atomic E-state index is 0.899. The predicted molar refractivity (Wildman–Crippen MR) is 84.8 cm³/mol. The summed E-state index contributed by atoms with van der Waals surface area (Å²) in [4.78, 5) is 0. The van der Waals surface area contributed by atoms with E-state index < -0.39 is 0 Å². The standard InChI is InChI=1S/C18H21N/c1-5-6-17-14(3)11-16(12-18(17)19-4)15-9-7-13(2)8-10-15/h5,7-12,19H,1,6H2,2-4H3. The summed E-state index contributed by atoms with van der Waals surface area (Å²) >= 11 is 0. The third kappa shape index (κ3) is 2.87. The smallest absolute Gasteiger partial charge is 0.0382 e. The number of benzene rings is 2. The van der Waals surface area contributed by atoms with E-state index in [2.05, 4.69) is 62.1 Å². The zero-order valence-electron chi connectivity index (χ0n) is 12.0. The van der Waals surface area contributed by atoms with Crippen molar-refractivity contribution in [3.8, 4) is 11.1 Å². The summed E-state index contributed by atoms with van der Waals surface area (Å²) in [6.45, 7) is 8.11. The van der Waals surface area contributed by atoms with Crippen molar-refractivity contribution in [1.82, 2.24) is 0 Å². The molecule has 0 heterocycles. The molecule has 0 saturated heterocycles. The lowest BCUT2D eigenvalue weighted by Gasteiger charge is -2.14. The van der Waals surface area contributed by atoms with Gasteiger partial charge in [0.25, 0.3) is 0 Å². The van der Waals surface area contributed by atoms with Gasteiger partial charge in [0, 0.05) is 12.7 Å². The van der Waals surface area contributed by atoms with Crippen molar-refractivity contribution in [3.05, 3.63) is 65.7 Å². The Labute approximate surface area is 116 Å². The summed E-state index contributed by atoms with van der Waals surface area (Å²) in [5, 5.41) is 3.29. The maximum atomic E-state index is 3.83. The molecule has 0 bridgehead atoms. The lowest BCUT2D eigenvalue weighted by molar-refractivity contribution is 1.21. The van der Waals surface area contributed by atoms with E-state index in [-0.39, 0.29) is 0 Å². The maximum absolute atomic E-state index is 3.83. The van der Waals surface area contributed by atoms with E-state index in [1.807, 2.05) is 13.1 Å². The quantitative estimate of drug-likeness (QED) is 0.774. The molecular weight excluding hydrogens is 230 g/mol. The number of hydrogen-bond acceptors (Lipinski definition) is 1. The van der Waals surface area contributed by atoms with E-state index >= 15 is 0 Å². The predicted octanol–water partition coefficient (Wildman–Crippen LogP) is 4.74. The van der Waals surface area contributed by atoms with Gasteiger partial charge in [-0.1, -0.05) is 42.0 Å². The molecule has 0 atom stereocenters. The van der Waals surface area contributed by atoms with Crippen molar-refractivity contribution in [3.63, 3.8) is 0 Å². The topological polar surface area (TPSA) is 12.0 Å². The second kappa shape index (κ2) is 5.75. The van der Waals surface area contributed by atoms with Crippen LogP contribution in [0.4, 0.5) is 5.69 Å². The van der Waals surface area contributed by atoms with E-state index in [4.69, 9.17) is 0 Å². The van der Waals surface area contributed by atoms with Crippen LogP contribution in [0.3, 0.4) is 0 Å². The van der Waals surface area contributed by atoms with E-state index in [1.54, 1.807) is 0 Å². The molecule has 1 heteroatoms. The van der Waals surface area contributed by atoms with Crippen molar-refractivity contribution in [1.29, 1.82) is 0 Å². The highest BCUT2D eigenvalue weighted by Crippen LogP contribution is 2.29. The van der Waals surface area contributed by atoms with Gasteiger partial charge < -0.3 is 5.32 Å². The van der Waals surface area contributed by atoms with Gasteiger partial charge in [0.1, 0.15) is 0 Å². The minimum Gasteiger partial charge on any atom is -0.388 e. The first-order chi connectivity index (χ1) is 9.15. The van der Waals surface area contributed by atoms with Crippen molar-refractivity contribution in [2.75, 3.05) is 12.4 Å². The normalized spacial score (nSPS) is 10.3. The molecule has 0 fully saturated rings. The molecule has 0 aromatic heterocycles. The summed E-state index contributed by atoms with van der Waals surface area (Å²) in [5.74, 6) is 0. The second-order valence-electron chi connectivity index (χ2n) is 4.93. The van der Waals surface area contributed by atoms with Crippen LogP contribution < -0.4 is 5.32 Å². The summed E-state index contributed by atoms with van der Waals surface area (Å²) < 4.78 is 0. The van der Waals surface area contributed by atoms with Crippen LogP contribution in [-0.2, 0) is 6.42 Å². The van der Waals surface area contributed by atoms with Gasteiger partial charge in [-0.15, -0.1) is 6.58 Å². The van der Waals surface area contributed by atoms with Crippen molar-refractivity contribution < 1.29 is 0 Å². The Morgan fingerprint density at radius 1 is 1.05 bits per heavy atom. The zero-order chi connectivity index (χ0) is 13.8. The van der Waals surface area contributed by atoms with Gasteiger partial charge >= 0.3 is 0 Å². The molecule has 0 spiro atoms. The first-order valence-corrected chi connectivity index (χ1v) is 6.65. The first kappa shape index (κ1) is 13.4. The van der Waals surface area contributed by atoms with Crippen LogP contribution in [-0.4, -0.2) is 7.05 Å². The van der Waals surface area contributed by atoms with Gasteiger partial charge in [-0.2, -0.15) is 0 Å². The first-order valence-electron chi connectivity index (χ1n) is 6.65. The molecule has 0 radical (unpaired) electrons. The Hall–Kier alpha value is -2.02. The molecule has 2 aromatic carbocycles. The number of allylic oxidation sites excluding steroid dienone is 1. The Bertz CT molecular complexity index is 579. The third-order valence-corrected chi connectivity index (χ3v) is 3.48. The van der Waals surface area contributed by atoms with Crippen molar-refractivity contribution in [2.45, 2.75) is 20.3 Å². The molecule has 0 aliphatic rings. The number of rotatable bonds is 4. The molecule has 0 aliphatic carbocycles. The van der Waals surface area contributed by atoms with E-state index in [0.29, 0.717) is 0 Å². The largest absolute Gasteiger partial charge is 0.388 e. The molecule has 0 unspecified atom stereocenters. The Morgan fingerprint density at radius 3 is 2.32 bits per heavy atom. The minimum absolute atomic E-state index is 0.899. The molecule has 2 aromatic rings. The van der Waals surface area contributed by atoms with Crippen molar-refractivity contribution >= 4 is 5.69 Å². The summed E-state index contributed by atoms with van der Waals surface area (Å²) in [7, 11) is 1.97. The molecule has 98 valence electrons. The van der Waals surface area contributed by atoms with Crippen LogP contribution in [0.15, 0.2) is 49.1 Å². The zero-order valence-corrected chi connectivity index (χ0v) is 12.0. The van der Waals surface area contributed by atoms with Crippen LogP contribution in [0, 0.1) is 13.8 Å². The van der Waals surface area contributed by atoms with Crippen LogP contribution in [0.2, 0.25) is 0 Å². The molecular formula is C18H21N. The monoisotopic (exact) mass is 251 g/mol. The maximum Gasteiger partial charge on any atom is 0.0382 e. The van der Waals surface area contributed by atoms with Crippen LogP contribution in [0.1, 0.15) is 16.7 Å². The Balaban J connectivity index is 2.51. The number of nitrogens with one attached hydrogen (secondary N) is 1. The number of anilines is 1. The Morgan fingerprint density at radius 2 is 1.74 bits per heavy atom. The second-order valence-corrected chi connectivity index (χ2v) is 4.93. The lowest BCUT2D eigenvalue weighted by Crippen LogP contribution is -1.98.